The molecule has 1 heterocycles. The van der Waals surface area contributed by atoms with Crippen LogP contribution in [0.25, 0.3) is 0 Å². The Morgan fingerprint density at radius 1 is 1.35 bits per heavy atom. The van der Waals surface area contributed by atoms with E-state index >= 15 is 0 Å². The van der Waals surface area contributed by atoms with E-state index in [9.17, 15) is 0 Å². The van der Waals surface area contributed by atoms with Crippen molar-refractivity contribution in [1.29, 1.82) is 0 Å². The van der Waals surface area contributed by atoms with E-state index in [0.29, 0.717) is 6.54 Å². The number of guanidine groups is 1. The van der Waals surface area contributed by atoms with Gasteiger partial charge in [-0.25, -0.2) is 0 Å². The first kappa shape index (κ1) is 20.9. The molecule has 0 saturated carbocycles. The van der Waals surface area contributed by atoms with Crippen LogP contribution in [0.1, 0.15) is 12.0 Å². The first-order valence-electron chi connectivity index (χ1n) is 7.50. The molecule has 0 aromatic heterocycles. The van der Waals surface area contributed by atoms with Gasteiger partial charge in [-0.3, -0.25) is 4.99 Å². The van der Waals surface area contributed by atoms with Crippen LogP contribution in [-0.4, -0.2) is 55.6 Å². The third-order valence-electron chi connectivity index (χ3n) is 4.24. The summed E-state index contributed by atoms with van der Waals surface area (Å²) in [6.07, 6.45) is 1.21. The summed E-state index contributed by atoms with van der Waals surface area (Å²) in [6.45, 7) is 1.57. The zero-order valence-corrected chi connectivity index (χ0v) is 17.8. The van der Waals surface area contributed by atoms with Crippen molar-refractivity contribution < 1.29 is 0 Å². The molecule has 1 aromatic carbocycles. The maximum absolute atomic E-state index is 6.19. The molecule has 4 nitrogen and oxygen atoms in total. The van der Waals surface area contributed by atoms with Crippen LogP contribution in [0.4, 0.5) is 0 Å². The lowest BCUT2D eigenvalue weighted by Gasteiger charge is -2.36. The maximum atomic E-state index is 6.19. The second-order valence-corrected chi connectivity index (χ2v) is 7.30. The van der Waals surface area contributed by atoms with Gasteiger partial charge in [0.25, 0.3) is 0 Å². The molecule has 23 heavy (non-hydrogen) atoms. The van der Waals surface area contributed by atoms with Crippen LogP contribution in [0.15, 0.2) is 29.3 Å². The van der Waals surface area contributed by atoms with Gasteiger partial charge in [0.15, 0.2) is 5.96 Å². The molecule has 130 valence electrons. The van der Waals surface area contributed by atoms with Crippen molar-refractivity contribution in [3.8, 4) is 0 Å². The molecule has 1 aliphatic rings. The number of aliphatic imine (C=N–C) groups is 1. The van der Waals surface area contributed by atoms with Crippen molar-refractivity contribution in [2.75, 3.05) is 39.2 Å². The summed E-state index contributed by atoms with van der Waals surface area (Å²) in [5.41, 5.74) is 1.29. The molecular formula is C16H26ClIN4S. The minimum Gasteiger partial charge on any atom is -0.355 e. The number of benzene rings is 1. The lowest BCUT2D eigenvalue weighted by atomic mass is 9.97. The van der Waals surface area contributed by atoms with E-state index in [2.05, 4.69) is 34.6 Å². The summed E-state index contributed by atoms with van der Waals surface area (Å²) < 4.78 is 0. The molecule has 2 N–H and O–H groups in total. The smallest absolute Gasteiger partial charge is 0.191 e. The van der Waals surface area contributed by atoms with Crippen molar-refractivity contribution in [2.45, 2.75) is 18.5 Å². The average molecular weight is 469 g/mol. The van der Waals surface area contributed by atoms with Crippen molar-refractivity contribution in [1.82, 2.24) is 15.5 Å². The van der Waals surface area contributed by atoms with Crippen molar-refractivity contribution in [3.05, 3.63) is 34.9 Å². The van der Waals surface area contributed by atoms with E-state index < -0.39 is 0 Å². The Balaban J connectivity index is 0.00000264. The van der Waals surface area contributed by atoms with E-state index in [4.69, 9.17) is 11.6 Å². The van der Waals surface area contributed by atoms with Crippen LogP contribution >= 0.6 is 47.3 Å². The Morgan fingerprint density at radius 3 is 2.65 bits per heavy atom. The van der Waals surface area contributed by atoms with E-state index in [0.717, 1.165) is 28.8 Å². The fraction of sp³-hybridized carbons (Fsp3) is 0.562. The van der Waals surface area contributed by atoms with Gasteiger partial charge in [-0.1, -0.05) is 29.8 Å². The minimum atomic E-state index is 0. The van der Waals surface area contributed by atoms with Crippen molar-refractivity contribution >= 4 is 53.3 Å². The summed E-state index contributed by atoms with van der Waals surface area (Å²) in [6, 6.07) is 7.87. The van der Waals surface area contributed by atoms with Crippen LogP contribution < -0.4 is 10.6 Å². The summed E-state index contributed by atoms with van der Waals surface area (Å²) in [4.78, 5) is 6.64. The fourth-order valence-electron chi connectivity index (χ4n) is 2.54. The molecule has 0 amide bonds. The van der Waals surface area contributed by atoms with Gasteiger partial charge in [0.1, 0.15) is 0 Å². The number of rotatable bonds is 5. The van der Waals surface area contributed by atoms with Crippen molar-refractivity contribution in [2.24, 2.45) is 4.99 Å². The van der Waals surface area contributed by atoms with E-state index in [1.165, 1.54) is 12.2 Å². The molecule has 1 atom stereocenters. The molecular weight excluding hydrogens is 443 g/mol. The van der Waals surface area contributed by atoms with Crippen LogP contribution in [0.2, 0.25) is 5.02 Å². The second-order valence-electron chi connectivity index (χ2n) is 5.79. The molecule has 1 saturated heterocycles. The van der Waals surface area contributed by atoms with Crippen LogP contribution in [0.5, 0.6) is 0 Å². The van der Waals surface area contributed by atoms with Gasteiger partial charge in [-0.05, 0) is 37.9 Å². The van der Waals surface area contributed by atoms with Gasteiger partial charge < -0.3 is 15.5 Å². The topological polar surface area (TPSA) is 39.7 Å². The first-order chi connectivity index (χ1) is 10.6. The van der Waals surface area contributed by atoms with Crippen LogP contribution in [0, 0.1) is 0 Å². The molecule has 1 aromatic rings. The molecule has 7 heteroatoms. The number of nitrogens with one attached hydrogen (secondary N) is 2. The molecule has 0 radical (unpaired) electrons. The number of halogens is 2. The van der Waals surface area contributed by atoms with Crippen molar-refractivity contribution in [3.63, 3.8) is 0 Å². The fourth-order valence-corrected chi connectivity index (χ4v) is 4.29. The third-order valence-corrected chi connectivity index (χ3v) is 5.85. The highest BCUT2D eigenvalue weighted by molar-refractivity contribution is 14.0. The highest BCUT2D eigenvalue weighted by Gasteiger charge is 2.36. The number of nitrogens with zero attached hydrogens (tertiary/aromatic N) is 2. The average Bonchev–Trinajstić information content (AvgIpc) is 2.99. The lowest BCUT2D eigenvalue weighted by molar-refractivity contribution is 0.183. The number of thioether (sulfide) groups is 1. The molecule has 2 rings (SSSR count). The highest BCUT2D eigenvalue weighted by atomic mass is 127. The summed E-state index contributed by atoms with van der Waals surface area (Å²) >= 11 is 8.21. The van der Waals surface area contributed by atoms with Crippen LogP contribution in [-0.2, 0) is 6.54 Å². The minimum absolute atomic E-state index is 0. The Bertz CT molecular complexity index is 519. The summed E-state index contributed by atoms with van der Waals surface area (Å²) in [7, 11) is 6.12. The SMILES string of the molecule is CN=C(NCc1ccccc1Cl)NCC1(N(C)C)CCSC1.I. The third kappa shape index (κ3) is 5.69. The molecule has 1 fully saturated rings. The molecule has 0 aliphatic carbocycles. The van der Waals surface area contributed by atoms with E-state index in [-0.39, 0.29) is 29.5 Å². The molecule has 0 spiro atoms. The molecule has 0 bridgehead atoms. The van der Waals surface area contributed by atoms with Gasteiger partial charge >= 0.3 is 0 Å². The zero-order chi connectivity index (χ0) is 16.0. The summed E-state index contributed by atoms with van der Waals surface area (Å²) in [5, 5.41) is 7.58. The van der Waals surface area contributed by atoms with Gasteiger partial charge in [0, 0.05) is 36.5 Å². The number of hydrogen-bond acceptors (Lipinski definition) is 3. The van der Waals surface area contributed by atoms with Gasteiger partial charge in [-0.2, -0.15) is 11.8 Å². The normalized spacial score (nSPS) is 21.2. The standard InChI is InChI=1S/C16H25ClN4S.HI/c1-18-15(19-10-13-6-4-5-7-14(13)17)20-11-16(21(2)3)8-9-22-12-16;/h4-7H,8-12H2,1-3H3,(H2,18,19,20);1H. The summed E-state index contributed by atoms with van der Waals surface area (Å²) in [5.74, 6) is 3.21. The zero-order valence-electron chi connectivity index (χ0n) is 13.9. The van der Waals surface area contributed by atoms with Gasteiger partial charge in [-0.15, -0.1) is 24.0 Å². The predicted molar refractivity (Wildman–Crippen MR) is 113 cm³/mol. The lowest BCUT2D eigenvalue weighted by Crippen LogP contribution is -2.54. The second kappa shape index (κ2) is 9.96. The number of hydrogen-bond donors (Lipinski definition) is 2. The van der Waals surface area contributed by atoms with Gasteiger partial charge in [0.2, 0.25) is 0 Å². The quantitative estimate of drug-likeness (QED) is 0.396. The largest absolute Gasteiger partial charge is 0.355 e. The van der Waals surface area contributed by atoms with E-state index in [1.54, 1.807) is 7.05 Å². The highest BCUT2D eigenvalue weighted by Crippen LogP contribution is 2.31. The Kier molecular flexibility index (Phi) is 9.03. The Labute approximate surface area is 165 Å². The maximum Gasteiger partial charge on any atom is 0.191 e. The Hall–Kier alpha value is -0.180. The van der Waals surface area contributed by atoms with E-state index in [1.807, 2.05) is 36.0 Å². The molecule has 1 aliphatic heterocycles. The number of likely N-dealkylation sites (N-methyl/N-ethyl adjacent to an activating group) is 1. The monoisotopic (exact) mass is 468 g/mol. The van der Waals surface area contributed by atoms with Crippen LogP contribution in [0.3, 0.4) is 0 Å². The Morgan fingerprint density at radius 2 is 2.09 bits per heavy atom. The molecule has 1 unspecified atom stereocenters. The predicted octanol–water partition coefficient (Wildman–Crippen LogP) is 3.06. The van der Waals surface area contributed by atoms with Gasteiger partial charge in [0.05, 0.1) is 0 Å². The first-order valence-corrected chi connectivity index (χ1v) is 9.04.